The molecule has 0 atom stereocenters. The highest BCUT2D eigenvalue weighted by Crippen LogP contribution is 2.38. The summed E-state index contributed by atoms with van der Waals surface area (Å²) in [6.45, 7) is 6.82. The monoisotopic (exact) mass is 438 g/mol. The van der Waals surface area contributed by atoms with Crippen LogP contribution in [0.1, 0.15) is 26.7 Å². The van der Waals surface area contributed by atoms with Crippen LogP contribution in [0.4, 0.5) is 13.2 Å². The summed E-state index contributed by atoms with van der Waals surface area (Å²) >= 11 is 0. The Morgan fingerprint density at radius 3 is 2.31 bits per heavy atom. The average Bonchev–Trinajstić information content (AvgIpc) is 2.64. The highest BCUT2D eigenvalue weighted by atomic mass is 32.2. The van der Waals surface area contributed by atoms with Crippen LogP contribution in [0, 0.1) is 5.41 Å². The summed E-state index contributed by atoms with van der Waals surface area (Å²) in [7, 11) is -3.53. The molecule has 0 aromatic heterocycles. The van der Waals surface area contributed by atoms with Gasteiger partial charge < -0.3 is 15.2 Å². The molecule has 0 radical (unpaired) electrons. The summed E-state index contributed by atoms with van der Waals surface area (Å²) in [6.07, 6.45) is -3.21. The zero-order chi connectivity index (χ0) is 21.9. The zero-order valence-electron chi connectivity index (χ0n) is 16.2. The van der Waals surface area contributed by atoms with E-state index >= 15 is 0 Å². The Labute approximate surface area is 167 Å². The fourth-order valence-electron chi connectivity index (χ4n) is 3.32. The number of carboxylic acid groups (broad SMARTS) is 1. The molecule has 0 aliphatic carbocycles. The van der Waals surface area contributed by atoms with Gasteiger partial charge in [-0.2, -0.15) is 17.5 Å². The highest BCUT2D eigenvalue weighted by molar-refractivity contribution is 7.89. The molecular formula is C18H25F3N2O5S. The number of nitrogens with one attached hydrogen (secondary N) is 1. The Morgan fingerprint density at radius 2 is 1.79 bits per heavy atom. The van der Waals surface area contributed by atoms with Crippen LogP contribution in [0.3, 0.4) is 0 Å². The number of carboxylic acids is 1. The maximum absolute atomic E-state index is 13.1. The van der Waals surface area contributed by atoms with Gasteiger partial charge in [0.2, 0.25) is 10.0 Å². The molecule has 7 nitrogen and oxygen atoms in total. The van der Waals surface area contributed by atoms with Crippen LogP contribution in [-0.4, -0.2) is 62.3 Å². The second-order valence-electron chi connectivity index (χ2n) is 7.43. The van der Waals surface area contributed by atoms with Gasteiger partial charge in [0.25, 0.3) is 0 Å². The molecule has 0 bridgehead atoms. The van der Waals surface area contributed by atoms with Crippen molar-refractivity contribution in [3.63, 3.8) is 0 Å². The van der Waals surface area contributed by atoms with E-state index in [9.17, 15) is 21.6 Å². The van der Waals surface area contributed by atoms with Crippen molar-refractivity contribution in [1.29, 1.82) is 0 Å². The molecule has 0 amide bonds. The minimum absolute atomic E-state index is 0.0667. The number of halogens is 3. The summed E-state index contributed by atoms with van der Waals surface area (Å²) in [6, 6.07) is 6.90. The van der Waals surface area contributed by atoms with Crippen LogP contribution in [-0.2, 0) is 14.8 Å². The predicted octanol–water partition coefficient (Wildman–Crippen LogP) is 2.48. The number of fused-ring (bicyclic) bond motifs is 1. The van der Waals surface area contributed by atoms with Gasteiger partial charge in [0.05, 0.1) is 6.61 Å². The molecule has 1 spiro atoms. The Kier molecular flexibility index (Phi) is 7.18. The molecule has 2 aliphatic rings. The number of aliphatic carboxylic acids is 1. The first-order chi connectivity index (χ1) is 13.4. The van der Waals surface area contributed by atoms with Crippen LogP contribution in [0.2, 0.25) is 0 Å². The smallest absolute Gasteiger partial charge is 0.490 e. The molecule has 3 rings (SSSR count). The predicted molar refractivity (Wildman–Crippen MR) is 99.2 cm³/mol. The van der Waals surface area contributed by atoms with Gasteiger partial charge in [-0.3, -0.25) is 0 Å². The maximum Gasteiger partial charge on any atom is 0.490 e. The number of rotatable bonds is 1. The van der Waals surface area contributed by atoms with Crippen molar-refractivity contribution in [2.24, 2.45) is 5.41 Å². The lowest BCUT2D eigenvalue weighted by molar-refractivity contribution is -0.192. The van der Waals surface area contributed by atoms with Gasteiger partial charge in [-0.1, -0.05) is 12.1 Å². The van der Waals surface area contributed by atoms with E-state index in [0.29, 0.717) is 18.9 Å². The van der Waals surface area contributed by atoms with Gasteiger partial charge in [0.1, 0.15) is 10.6 Å². The number of sulfonamides is 1. The number of nitrogens with zero attached hydrogens (tertiary/aromatic N) is 1. The molecule has 164 valence electrons. The average molecular weight is 438 g/mol. The lowest BCUT2D eigenvalue weighted by Gasteiger charge is -2.43. The van der Waals surface area contributed by atoms with Gasteiger partial charge in [-0.05, 0) is 51.9 Å². The van der Waals surface area contributed by atoms with Gasteiger partial charge in [0, 0.05) is 18.0 Å². The van der Waals surface area contributed by atoms with E-state index in [1.165, 1.54) is 0 Å². The fraction of sp³-hybridized carbons (Fsp3) is 0.611. The van der Waals surface area contributed by atoms with E-state index < -0.39 is 22.2 Å². The third kappa shape index (κ3) is 5.61. The Bertz CT molecular complexity index is 821. The van der Waals surface area contributed by atoms with Gasteiger partial charge in [-0.15, -0.1) is 0 Å². The number of para-hydroxylation sites is 1. The van der Waals surface area contributed by atoms with E-state index in [2.05, 4.69) is 5.32 Å². The van der Waals surface area contributed by atoms with Crippen molar-refractivity contribution in [2.75, 3.05) is 26.2 Å². The molecule has 1 saturated heterocycles. The van der Waals surface area contributed by atoms with Crippen LogP contribution < -0.4 is 10.1 Å². The molecule has 1 aromatic rings. The van der Waals surface area contributed by atoms with E-state index in [1.54, 1.807) is 22.5 Å². The number of hydrogen-bond acceptors (Lipinski definition) is 5. The zero-order valence-corrected chi connectivity index (χ0v) is 17.0. The minimum Gasteiger partial charge on any atom is -0.492 e. The lowest BCUT2D eigenvalue weighted by atomic mass is 9.79. The molecule has 2 N–H and O–H groups in total. The summed E-state index contributed by atoms with van der Waals surface area (Å²) < 4.78 is 65.5. The van der Waals surface area contributed by atoms with Crippen molar-refractivity contribution in [3.05, 3.63) is 24.3 Å². The second kappa shape index (κ2) is 8.88. The topological polar surface area (TPSA) is 95.9 Å². The maximum atomic E-state index is 13.1. The molecular weight excluding hydrogens is 413 g/mol. The molecule has 29 heavy (non-hydrogen) atoms. The number of alkyl halides is 3. The largest absolute Gasteiger partial charge is 0.492 e. The Hall–Kier alpha value is -1.85. The SMILES string of the molecule is CC(C)N1CC2(CCNCC2)COc2ccccc2S1(=O)=O.O=C(O)C(F)(F)F. The summed E-state index contributed by atoms with van der Waals surface area (Å²) in [5.41, 5.74) is -0.101. The molecule has 1 aromatic carbocycles. The van der Waals surface area contributed by atoms with Crippen molar-refractivity contribution < 1.29 is 36.2 Å². The first-order valence-corrected chi connectivity index (χ1v) is 10.6. The highest BCUT2D eigenvalue weighted by Gasteiger charge is 2.42. The van der Waals surface area contributed by atoms with Crippen LogP contribution in [0.5, 0.6) is 5.75 Å². The molecule has 2 heterocycles. The van der Waals surface area contributed by atoms with Crippen molar-refractivity contribution in [3.8, 4) is 5.75 Å². The Balaban J connectivity index is 0.000000370. The van der Waals surface area contributed by atoms with Crippen LogP contribution >= 0.6 is 0 Å². The van der Waals surface area contributed by atoms with Crippen LogP contribution in [0.25, 0.3) is 0 Å². The van der Waals surface area contributed by atoms with Crippen molar-refractivity contribution in [1.82, 2.24) is 9.62 Å². The number of hydrogen-bond donors (Lipinski definition) is 2. The number of ether oxygens (including phenoxy) is 1. The van der Waals surface area contributed by atoms with Crippen molar-refractivity contribution in [2.45, 2.75) is 43.8 Å². The van der Waals surface area contributed by atoms with Gasteiger partial charge in [0.15, 0.2) is 0 Å². The fourth-order valence-corrected chi connectivity index (χ4v) is 5.20. The third-order valence-electron chi connectivity index (χ3n) is 4.94. The molecule has 2 aliphatic heterocycles. The minimum atomic E-state index is -5.08. The summed E-state index contributed by atoms with van der Waals surface area (Å²) in [5.74, 6) is -2.28. The van der Waals surface area contributed by atoms with Crippen LogP contribution in [0.15, 0.2) is 29.2 Å². The number of benzene rings is 1. The van der Waals surface area contributed by atoms with E-state index in [1.807, 2.05) is 19.9 Å². The third-order valence-corrected chi connectivity index (χ3v) is 7.00. The molecule has 0 unspecified atom stereocenters. The Morgan fingerprint density at radius 1 is 1.24 bits per heavy atom. The number of piperidine rings is 1. The lowest BCUT2D eigenvalue weighted by Crippen LogP contribution is -2.52. The first kappa shape index (κ1) is 23.4. The summed E-state index contributed by atoms with van der Waals surface area (Å²) in [4.78, 5) is 9.18. The standard InChI is InChI=1S/C16H24N2O3S.C2HF3O2/c1-13(2)18-11-16(7-9-17-10-8-16)12-21-14-5-3-4-6-15(14)22(18,19)20;3-2(4,5)1(6)7/h3-6,13,17H,7-12H2,1-2H3;(H,6,7). The second-order valence-corrected chi connectivity index (χ2v) is 9.29. The van der Waals surface area contributed by atoms with E-state index in [0.717, 1.165) is 25.9 Å². The van der Waals surface area contributed by atoms with E-state index in [-0.39, 0.29) is 16.4 Å². The van der Waals surface area contributed by atoms with Gasteiger partial charge in [-0.25, -0.2) is 13.2 Å². The van der Waals surface area contributed by atoms with Crippen molar-refractivity contribution >= 4 is 16.0 Å². The molecule has 1 fully saturated rings. The summed E-state index contributed by atoms with van der Waals surface area (Å²) in [5, 5.41) is 10.5. The normalized spacial score (nSPS) is 21.2. The molecule has 11 heteroatoms. The van der Waals surface area contributed by atoms with E-state index in [4.69, 9.17) is 14.6 Å². The molecule has 0 saturated carbocycles. The number of carbonyl (C=O) groups is 1. The first-order valence-electron chi connectivity index (χ1n) is 9.14. The quantitative estimate of drug-likeness (QED) is 0.700. The van der Waals surface area contributed by atoms with Gasteiger partial charge >= 0.3 is 12.1 Å².